The Hall–Kier alpha value is -1.37. The second-order valence-electron chi connectivity index (χ2n) is 4.00. The number of aryl methyl sites for hydroxylation is 1. The summed E-state index contributed by atoms with van der Waals surface area (Å²) in [5.41, 5.74) is 9.59. The molecule has 0 saturated heterocycles. The lowest BCUT2D eigenvalue weighted by atomic mass is 10.2. The predicted octanol–water partition coefficient (Wildman–Crippen LogP) is 3.13. The lowest BCUT2D eigenvalue weighted by molar-refractivity contribution is 0.0655. The second kappa shape index (κ2) is 7.93. The molecule has 0 spiro atoms. The normalized spacial score (nSPS) is 12.8. The van der Waals surface area contributed by atoms with Gasteiger partial charge in [0.15, 0.2) is 0 Å². The topological polar surface area (TPSA) is 76.5 Å². The summed E-state index contributed by atoms with van der Waals surface area (Å²) in [6.45, 7) is 1.67. The van der Waals surface area contributed by atoms with Crippen molar-refractivity contribution in [2.24, 2.45) is 5.11 Å². The van der Waals surface area contributed by atoms with Gasteiger partial charge in [-0.05, 0) is 24.4 Å². The first-order chi connectivity index (χ1) is 9.15. The van der Waals surface area contributed by atoms with E-state index >= 15 is 0 Å². The highest BCUT2D eigenvalue weighted by Gasteiger charge is 2.40. The van der Waals surface area contributed by atoms with E-state index in [1.54, 1.807) is 21.1 Å². The molecule has 0 aromatic heterocycles. The van der Waals surface area contributed by atoms with E-state index in [1.165, 1.54) is 5.56 Å². The average Bonchev–Trinajstić information content (AvgIpc) is 2.45. The van der Waals surface area contributed by atoms with Crippen LogP contribution in [0.15, 0.2) is 35.4 Å². The molecule has 0 aliphatic heterocycles. The third-order valence-corrected chi connectivity index (χ3v) is 5.56. The van der Waals surface area contributed by atoms with Crippen LogP contribution in [0, 0.1) is 0 Å². The van der Waals surface area contributed by atoms with Crippen molar-refractivity contribution >= 4 is 8.80 Å². The van der Waals surface area contributed by atoms with Gasteiger partial charge in [0.2, 0.25) is 0 Å². The molecule has 0 fully saturated rings. The van der Waals surface area contributed by atoms with Crippen LogP contribution in [0.3, 0.4) is 0 Å². The highest BCUT2D eigenvalue weighted by Crippen LogP contribution is 2.19. The minimum atomic E-state index is -2.79. The fourth-order valence-corrected chi connectivity index (χ4v) is 3.79. The van der Waals surface area contributed by atoms with Gasteiger partial charge in [-0.3, -0.25) is 0 Å². The van der Waals surface area contributed by atoms with Crippen molar-refractivity contribution in [1.82, 2.24) is 0 Å². The molecule has 1 atom stereocenters. The van der Waals surface area contributed by atoms with E-state index in [1.807, 2.05) is 30.3 Å². The van der Waals surface area contributed by atoms with Gasteiger partial charge < -0.3 is 13.3 Å². The number of hydrogen-bond donors (Lipinski definition) is 0. The zero-order valence-corrected chi connectivity index (χ0v) is 12.4. The molecule has 0 N–H and O–H groups in total. The molecule has 0 aliphatic rings. The Morgan fingerprint density at radius 1 is 1.26 bits per heavy atom. The smallest absolute Gasteiger partial charge is 0.377 e. The summed E-state index contributed by atoms with van der Waals surface area (Å²) >= 11 is 0. The van der Waals surface area contributed by atoms with E-state index in [2.05, 4.69) is 10.0 Å². The first kappa shape index (κ1) is 15.7. The van der Waals surface area contributed by atoms with Gasteiger partial charge in [-0.1, -0.05) is 35.4 Å². The van der Waals surface area contributed by atoms with Gasteiger partial charge >= 0.3 is 8.80 Å². The van der Waals surface area contributed by atoms with Crippen LogP contribution in [-0.2, 0) is 19.7 Å². The Morgan fingerprint density at radius 3 is 2.42 bits per heavy atom. The molecule has 0 amide bonds. The summed E-state index contributed by atoms with van der Waals surface area (Å²) in [6.07, 6.45) is 0.185. The van der Waals surface area contributed by atoms with Crippen LogP contribution >= 0.6 is 0 Å². The molecule has 0 radical (unpaired) electrons. The van der Waals surface area contributed by atoms with Crippen LogP contribution in [0.2, 0.25) is 6.04 Å². The Kier molecular flexibility index (Phi) is 6.55. The van der Waals surface area contributed by atoms with Gasteiger partial charge in [-0.2, -0.15) is 0 Å². The number of nitrogens with zero attached hydrogens (tertiary/aromatic N) is 3. The molecule has 1 unspecified atom stereocenters. The molecule has 6 nitrogen and oxygen atoms in total. The Bertz CT molecular complexity index is 419. The van der Waals surface area contributed by atoms with Crippen LogP contribution in [0.1, 0.15) is 12.5 Å². The molecule has 0 bridgehead atoms. The highest BCUT2D eigenvalue weighted by atomic mass is 28.4. The van der Waals surface area contributed by atoms with E-state index in [0.717, 1.165) is 6.42 Å². The number of hydrogen-bond acceptors (Lipinski definition) is 4. The zero-order valence-electron chi connectivity index (χ0n) is 11.4. The van der Waals surface area contributed by atoms with Crippen molar-refractivity contribution in [2.45, 2.75) is 25.6 Å². The Labute approximate surface area is 114 Å². The molecule has 1 aromatic rings. The van der Waals surface area contributed by atoms with Crippen LogP contribution < -0.4 is 0 Å². The van der Waals surface area contributed by atoms with Crippen molar-refractivity contribution in [3.63, 3.8) is 0 Å². The van der Waals surface area contributed by atoms with E-state index in [9.17, 15) is 0 Å². The van der Waals surface area contributed by atoms with Crippen molar-refractivity contribution in [2.75, 3.05) is 14.2 Å². The van der Waals surface area contributed by atoms with Gasteiger partial charge in [0.25, 0.3) is 0 Å². The van der Waals surface area contributed by atoms with E-state index < -0.39 is 15.0 Å². The first-order valence-corrected chi connectivity index (χ1v) is 7.95. The van der Waals surface area contributed by atoms with E-state index in [4.69, 9.17) is 18.8 Å². The van der Waals surface area contributed by atoms with Crippen molar-refractivity contribution in [1.29, 1.82) is 0 Å². The average molecular weight is 281 g/mol. The van der Waals surface area contributed by atoms with Gasteiger partial charge in [0.05, 0.1) is 0 Å². The van der Waals surface area contributed by atoms with E-state index in [0.29, 0.717) is 6.04 Å². The molecule has 1 rings (SSSR count). The summed E-state index contributed by atoms with van der Waals surface area (Å²) in [4.78, 5) is 2.72. The number of benzene rings is 1. The number of rotatable bonds is 8. The molecule has 19 heavy (non-hydrogen) atoms. The van der Waals surface area contributed by atoms with Crippen molar-refractivity contribution < 1.29 is 13.3 Å². The zero-order chi connectivity index (χ0) is 14.1. The molecule has 1 aromatic carbocycles. The highest BCUT2D eigenvalue weighted by molar-refractivity contribution is 6.60. The summed E-state index contributed by atoms with van der Waals surface area (Å²) in [6, 6.07) is 10.7. The third kappa shape index (κ3) is 5.02. The molecular formula is C12H19N3O3Si. The summed E-state index contributed by atoms with van der Waals surface area (Å²) < 4.78 is 16.5. The maximum absolute atomic E-state index is 8.40. The molecule has 7 heteroatoms. The molecular weight excluding hydrogens is 262 g/mol. The van der Waals surface area contributed by atoms with Crippen LogP contribution in [0.4, 0.5) is 0 Å². The lowest BCUT2D eigenvalue weighted by Gasteiger charge is -2.28. The predicted molar refractivity (Wildman–Crippen MR) is 74.4 cm³/mol. The standard InChI is InChI=1S/C12H19N3O3Si/c1-11(14-15-13)18-19(16-2,17-3)10-9-12-7-5-4-6-8-12/h4-8,11H,9-10H2,1-3H3. The van der Waals surface area contributed by atoms with E-state index in [-0.39, 0.29) is 0 Å². The maximum Gasteiger partial charge on any atom is 0.501 e. The quantitative estimate of drug-likeness (QED) is 0.318. The first-order valence-electron chi connectivity index (χ1n) is 6.02. The van der Waals surface area contributed by atoms with Crippen molar-refractivity contribution in [3.8, 4) is 0 Å². The van der Waals surface area contributed by atoms with Crippen LogP contribution in [-0.4, -0.2) is 29.3 Å². The van der Waals surface area contributed by atoms with Gasteiger partial charge in [0.1, 0.15) is 6.23 Å². The van der Waals surface area contributed by atoms with Crippen LogP contribution in [0.25, 0.3) is 10.4 Å². The Morgan fingerprint density at radius 2 is 1.89 bits per heavy atom. The maximum atomic E-state index is 8.40. The third-order valence-electron chi connectivity index (χ3n) is 2.75. The summed E-state index contributed by atoms with van der Waals surface area (Å²) in [5, 5.41) is 3.49. The van der Waals surface area contributed by atoms with Gasteiger partial charge in [0, 0.05) is 25.2 Å². The van der Waals surface area contributed by atoms with Crippen LogP contribution in [0.5, 0.6) is 0 Å². The van der Waals surface area contributed by atoms with Crippen molar-refractivity contribution in [3.05, 3.63) is 46.3 Å². The SMILES string of the molecule is CO[Si](CCc1ccccc1)(OC)OC(C)N=[N+]=[N-]. The largest absolute Gasteiger partial charge is 0.501 e. The molecule has 0 aliphatic carbocycles. The van der Waals surface area contributed by atoms with Gasteiger partial charge in [-0.15, -0.1) is 0 Å². The minimum absolute atomic E-state index is 0.604. The lowest BCUT2D eigenvalue weighted by Crippen LogP contribution is -2.46. The Balaban J connectivity index is 2.67. The number of azide groups is 1. The monoisotopic (exact) mass is 281 g/mol. The molecule has 0 heterocycles. The second-order valence-corrected chi connectivity index (χ2v) is 6.92. The molecule has 104 valence electrons. The summed E-state index contributed by atoms with van der Waals surface area (Å²) in [7, 11) is 0.327. The molecule has 0 saturated carbocycles. The minimum Gasteiger partial charge on any atom is -0.377 e. The fraction of sp³-hybridized carbons (Fsp3) is 0.500. The summed E-state index contributed by atoms with van der Waals surface area (Å²) in [5.74, 6) is 0. The van der Waals surface area contributed by atoms with Gasteiger partial charge in [-0.25, -0.2) is 0 Å². The fourth-order valence-electron chi connectivity index (χ4n) is 1.74.